The molecule has 0 saturated carbocycles. The van der Waals surface area contributed by atoms with Gasteiger partial charge in [-0.05, 0) is 19.6 Å². The molecule has 1 radical (unpaired) electrons. The van der Waals surface area contributed by atoms with Crippen LogP contribution in [-0.2, 0) is 16.8 Å². The fraction of sp³-hybridized carbons (Fsp3) is 1.00. The molecule has 0 aliphatic rings. The predicted molar refractivity (Wildman–Crippen MR) is 115 cm³/mol. The van der Waals surface area contributed by atoms with Gasteiger partial charge in [-0.15, -0.1) is 37.6 Å². The van der Waals surface area contributed by atoms with Gasteiger partial charge in [-0.25, -0.2) is 6.17 Å². The summed E-state index contributed by atoms with van der Waals surface area (Å²) in [4.78, 5) is 2.41. The van der Waals surface area contributed by atoms with Gasteiger partial charge < -0.3 is 26.2 Å². The minimum atomic E-state index is 0. The van der Waals surface area contributed by atoms with Crippen LogP contribution in [0.3, 0.4) is 0 Å². The Balaban J connectivity index is -0.000000422. The average molecular weight is 415 g/mol. The third-order valence-corrected chi connectivity index (χ3v) is 3.90. The van der Waals surface area contributed by atoms with E-state index in [1.54, 1.807) is 0 Å². The molecule has 0 fully saturated rings. The Morgan fingerprint density at radius 2 is 1.23 bits per heavy atom. The van der Waals surface area contributed by atoms with Crippen molar-refractivity contribution in [2.24, 2.45) is 0 Å². The molecule has 0 amide bonds. The van der Waals surface area contributed by atoms with E-state index in [4.69, 9.17) is 0 Å². The Labute approximate surface area is 175 Å². The zero-order valence-electron chi connectivity index (χ0n) is 19.0. The van der Waals surface area contributed by atoms with E-state index in [-0.39, 0.29) is 22.9 Å². The molecule has 0 aliphatic carbocycles. The van der Waals surface area contributed by atoms with Gasteiger partial charge in [0.15, 0.2) is 0 Å². The Morgan fingerprint density at radius 3 is 1.58 bits per heavy atom. The van der Waals surface area contributed by atoms with Crippen LogP contribution in [-0.4, -0.2) is 68.5 Å². The molecular formula is C20H45CoN5-4. The Kier molecular flexibility index (Phi) is 23.9. The summed E-state index contributed by atoms with van der Waals surface area (Å²) in [5, 5.41) is 17.6. The van der Waals surface area contributed by atoms with Crippen molar-refractivity contribution in [3.8, 4) is 0 Å². The van der Waals surface area contributed by atoms with Gasteiger partial charge in [0.2, 0.25) is 0 Å². The first-order valence-corrected chi connectivity index (χ1v) is 10.0. The molecule has 2 atom stereocenters. The minimum absolute atomic E-state index is 0. The van der Waals surface area contributed by atoms with Crippen molar-refractivity contribution in [1.82, 2.24) is 4.90 Å². The minimum Gasteiger partial charge on any atom is -0.676 e. The summed E-state index contributed by atoms with van der Waals surface area (Å²) < 4.78 is 0. The van der Waals surface area contributed by atoms with E-state index < -0.39 is 0 Å². The van der Waals surface area contributed by atoms with Crippen LogP contribution in [0.4, 0.5) is 0 Å². The third kappa shape index (κ3) is 22.3. The Hall–Kier alpha value is 0.306. The van der Waals surface area contributed by atoms with Gasteiger partial charge in [0, 0.05) is 16.8 Å². The average Bonchev–Trinajstić information content (AvgIpc) is 2.50. The smallest absolute Gasteiger partial charge is 0 e. The summed E-state index contributed by atoms with van der Waals surface area (Å²) in [6, 6.07) is 1.69. The largest absolute Gasteiger partial charge is 0.676 e. The van der Waals surface area contributed by atoms with E-state index >= 15 is 0 Å². The second-order valence-corrected chi connectivity index (χ2v) is 7.24. The molecule has 0 spiro atoms. The van der Waals surface area contributed by atoms with E-state index in [9.17, 15) is 0 Å². The van der Waals surface area contributed by atoms with Gasteiger partial charge in [0.25, 0.3) is 0 Å². The first kappa shape index (κ1) is 31.0. The fourth-order valence-corrected chi connectivity index (χ4v) is 2.53. The van der Waals surface area contributed by atoms with Gasteiger partial charge in [-0.1, -0.05) is 61.8 Å². The predicted octanol–water partition coefficient (Wildman–Crippen LogP) is 5.77. The summed E-state index contributed by atoms with van der Waals surface area (Å²) in [6.07, 6.45) is 1.24. The second-order valence-electron chi connectivity index (χ2n) is 7.24. The van der Waals surface area contributed by atoms with Gasteiger partial charge in [0.05, 0.1) is 0 Å². The summed E-state index contributed by atoms with van der Waals surface area (Å²) in [7, 11) is 1.88. The molecule has 163 valence electrons. The van der Waals surface area contributed by atoms with Crippen LogP contribution in [0.25, 0.3) is 21.3 Å². The van der Waals surface area contributed by atoms with Crippen LogP contribution in [0.2, 0.25) is 0 Å². The SMILES string of the molecule is CC(C)[N-]C(C)[N-]C(C)C.CCN(CC)CC[N-]C(C)CC(C)[N-]C.[Co]. The summed E-state index contributed by atoms with van der Waals surface area (Å²) in [5.41, 5.74) is 0. The van der Waals surface area contributed by atoms with E-state index in [0.29, 0.717) is 24.2 Å². The van der Waals surface area contributed by atoms with Crippen LogP contribution < -0.4 is 0 Å². The first-order chi connectivity index (χ1) is 11.7. The maximum Gasteiger partial charge on any atom is 0 e. The zero-order valence-corrected chi connectivity index (χ0v) is 20.0. The van der Waals surface area contributed by atoms with Crippen molar-refractivity contribution in [2.45, 2.75) is 99.1 Å². The molecule has 0 saturated heterocycles. The molecular weight excluding hydrogens is 369 g/mol. The summed E-state index contributed by atoms with van der Waals surface area (Å²) >= 11 is 0. The first-order valence-electron chi connectivity index (χ1n) is 10.0. The monoisotopic (exact) mass is 414 g/mol. The van der Waals surface area contributed by atoms with E-state index in [1.807, 2.05) is 14.0 Å². The number of likely N-dealkylation sites (N-methyl/N-ethyl adjacent to an activating group) is 1. The normalized spacial score (nSPS) is 13.6. The van der Waals surface area contributed by atoms with Crippen molar-refractivity contribution in [2.75, 3.05) is 33.2 Å². The van der Waals surface area contributed by atoms with Gasteiger partial charge >= 0.3 is 0 Å². The Morgan fingerprint density at radius 1 is 0.769 bits per heavy atom. The van der Waals surface area contributed by atoms with E-state index in [1.165, 1.54) is 0 Å². The number of nitrogens with zero attached hydrogens (tertiary/aromatic N) is 5. The van der Waals surface area contributed by atoms with Crippen molar-refractivity contribution in [1.29, 1.82) is 0 Å². The van der Waals surface area contributed by atoms with Gasteiger partial charge in [-0.3, -0.25) is 0 Å². The maximum atomic E-state index is 4.65. The number of hydrogen-bond acceptors (Lipinski definition) is 1. The van der Waals surface area contributed by atoms with Crippen molar-refractivity contribution in [3.05, 3.63) is 21.3 Å². The standard InChI is InChI=1S/C12H27N3.C8H18N2.Co/c1-6-15(7-2)9-8-14-12(4)10-11(3)13-5;1-6(2)9-8(5)10-7(3)4;/h11-12H,6-10H2,1-5H3;6-8H,1-5H3;/q2*-2;. The summed E-state index contributed by atoms with van der Waals surface area (Å²) in [6.45, 7) is 23.4. The molecule has 5 nitrogen and oxygen atoms in total. The molecule has 0 rings (SSSR count). The molecule has 2 unspecified atom stereocenters. The topological polar surface area (TPSA) is 59.6 Å². The zero-order chi connectivity index (χ0) is 19.8. The molecule has 0 heterocycles. The van der Waals surface area contributed by atoms with Crippen LogP contribution in [0.1, 0.15) is 68.7 Å². The van der Waals surface area contributed by atoms with E-state index in [0.717, 1.165) is 32.6 Å². The van der Waals surface area contributed by atoms with Crippen LogP contribution in [0.15, 0.2) is 0 Å². The van der Waals surface area contributed by atoms with Crippen LogP contribution in [0.5, 0.6) is 0 Å². The maximum absolute atomic E-state index is 4.65. The fourth-order valence-electron chi connectivity index (χ4n) is 2.53. The van der Waals surface area contributed by atoms with Crippen LogP contribution in [0, 0.1) is 0 Å². The van der Waals surface area contributed by atoms with Gasteiger partial charge in [-0.2, -0.15) is 7.05 Å². The molecule has 26 heavy (non-hydrogen) atoms. The third-order valence-electron chi connectivity index (χ3n) is 3.90. The van der Waals surface area contributed by atoms with E-state index in [2.05, 4.69) is 81.6 Å². The molecule has 6 heteroatoms. The molecule has 0 aromatic carbocycles. The molecule has 0 aromatic heterocycles. The van der Waals surface area contributed by atoms with Crippen LogP contribution >= 0.6 is 0 Å². The summed E-state index contributed by atoms with van der Waals surface area (Å²) in [5.74, 6) is 0. The molecule has 0 N–H and O–H groups in total. The van der Waals surface area contributed by atoms with Crippen molar-refractivity contribution >= 4 is 0 Å². The van der Waals surface area contributed by atoms with Crippen molar-refractivity contribution < 1.29 is 16.8 Å². The number of hydrogen-bond donors (Lipinski definition) is 0. The molecule has 0 aliphatic heterocycles. The quantitative estimate of drug-likeness (QED) is 0.377. The second kappa shape index (κ2) is 20.1. The molecule has 0 bridgehead atoms. The van der Waals surface area contributed by atoms with Gasteiger partial charge in [0.1, 0.15) is 0 Å². The van der Waals surface area contributed by atoms with Crippen molar-refractivity contribution in [3.63, 3.8) is 0 Å². The molecule has 0 aromatic rings. The Bertz CT molecular complexity index is 263. The number of rotatable bonds is 13.